The predicted molar refractivity (Wildman–Crippen MR) is 61.0 cm³/mol. The van der Waals surface area contributed by atoms with E-state index in [9.17, 15) is 0 Å². The van der Waals surface area contributed by atoms with Gasteiger partial charge in [-0.25, -0.2) is 0 Å². The fourth-order valence-electron chi connectivity index (χ4n) is 0.679. The summed E-state index contributed by atoms with van der Waals surface area (Å²) in [6.07, 6.45) is 4.81. The molecule has 0 saturated carbocycles. The minimum atomic E-state index is -0.382. The molecule has 2 nitrogen and oxygen atoms in total. The number of nitrogens with zero attached hydrogens (tertiary/aromatic N) is 1. The summed E-state index contributed by atoms with van der Waals surface area (Å²) in [5.41, 5.74) is 0. The Kier molecular flexibility index (Phi) is 9.04. The Balaban J connectivity index is 0. The summed E-state index contributed by atoms with van der Waals surface area (Å²) in [5, 5.41) is 5.21. The summed E-state index contributed by atoms with van der Waals surface area (Å²) in [4.78, 5) is 5.80. The molecule has 0 aromatic carbocycles. The first-order chi connectivity index (χ1) is 5.38. The van der Waals surface area contributed by atoms with Gasteiger partial charge in [-0.2, -0.15) is 0 Å². The van der Waals surface area contributed by atoms with Crippen molar-refractivity contribution in [1.82, 2.24) is 0 Å². The number of hydrogen-bond donors (Lipinski definition) is 0. The Hall–Kier alpha value is -0.690. The van der Waals surface area contributed by atoms with Gasteiger partial charge in [-0.3, -0.25) is 0 Å². The van der Waals surface area contributed by atoms with Crippen molar-refractivity contribution in [2.24, 2.45) is 5.16 Å². The summed E-state index contributed by atoms with van der Waals surface area (Å²) in [6.45, 7) is 3.20. The lowest BCUT2D eigenvalue weighted by Gasteiger charge is -2.03. The first-order valence-corrected chi connectivity index (χ1v) is 3.88. The number of halogens is 2. The molecule has 0 amide bonds. The molecule has 1 atom stereocenters. The highest BCUT2D eigenvalue weighted by Gasteiger charge is 2.08. The molecule has 1 unspecified atom stereocenters. The quantitative estimate of drug-likeness (QED) is 0.450. The molecule has 0 spiro atoms. The molecule has 0 aliphatic rings. The average Bonchev–Trinajstić information content (AvgIpc) is 2.52. The zero-order valence-electron chi connectivity index (χ0n) is 6.67. The third kappa shape index (κ3) is 4.18. The Bertz CT molecular complexity index is 268. The smallest absolute Gasteiger partial charge is 0.221 e. The van der Waals surface area contributed by atoms with Crippen LogP contribution in [0.3, 0.4) is 0 Å². The van der Waals surface area contributed by atoms with Crippen LogP contribution in [-0.2, 0) is 4.84 Å². The van der Waals surface area contributed by atoms with Gasteiger partial charge in [0.05, 0.1) is 4.88 Å². The van der Waals surface area contributed by atoms with Gasteiger partial charge in [0, 0.05) is 6.72 Å². The van der Waals surface area contributed by atoms with Crippen molar-refractivity contribution in [3.63, 3.8) is 0 Å². The molecule has 0 bridgehead atoms. The standard InChI is InChI=1S/C8H7NOS.2ClH/c1-3-7(10-9-2)8-5-4-6-11-8;;/h1,4-7H,2H2;2*1H. The van der Waals surface area contributed by atoms with Crippen molar-refractivity contribution in [3.05, 3.63) is 22.4 Å². The average molecular weight is 238 g/mol. The molecule has 5 heteroatoms. The molecule has 0 radical (unpaired) electrons. The van der Waals surface area contributed by atoms with Gasteiger partial charge in [-0.15, -0.1) is 47.7 Å². The van der Waals surface area contributed by atoms with Crippen LogP contribution in [0, 0.1) is 12.3 Å². The third-order valence-electron chi connectivity index (χ3n) is 1.13. The molecule has 0 aliphatic carbocycles. The third-order valence-corrected chi connectivity index (χ3v) is 2.05. The van der Waals surface area contributed by atoms with Crippen molar-refractivity contribution in [2.75, 3.05) is 0 Å². The van der Waals surface area contributed by atoms with Gasteiger partial charge >= 0.3 is 0 Å². The van der Waals surface area contributed by atoms with E-state index >= 15 is 0 Å². The zero-order valence-corrected chi connectivity index (χ0v) is 9.12. The van der Waals surface area contributed by atoms with Crippen LogP contribution in [0.1, 0.15) is 11.0 Å². The first kappa shape index (κ1) is 14.8. The van der Waals surface area contributed by atoms with Crippen molar-refractivity contribution in [3.8, 4) is 12.3 Å². The molecule has 1 rings (SSSR count). The summed E-state index contributed by atoms with van der Waals surface area (Å²) in [5.74, 6) is 2.46. The van der Waals surface area contributed by atoms with Crippen molar-refractivity contribution in [2.45, 2.75) is 6.10 Å². The largest absolute Gasteiger partial charge is 0.374 e. The van der Waals surface area contributed by atoms with Crippen LogP contribution in [0.5, 0.6) is 0 Å². The highest BCUT2D eigenvalue weighted by molar-refractivity contribution is 7.10. The lowest BCUT2D eigenvalue weighted by Crippen LogP contribution is -1.92. The molecule has 0 N–H and O–H groups in total. The summed E-state index contributed by atoms with van der Waals surface area (Å²) < 4.78 is 0. The van der Waals surface area contributed by atoms with E-state index in [0.717, 1.165) is 4.88 Å². The van der Waals surface area contributed by atoms with E-state index in [2.05, 4.69) is 17.8 Å². The van der Waals surface area contributed by atoms with E-state index in [1.807, 2.05) is 17.5 Å². The molecule has 1 aromatic rings. The molecule has 1 heterocycles. The van der Waals surface area contributed by atoms with Crippen LogP contribution in [0.25, 0.3) is 0 Å². The number of hydrogen-bond acceptors (Lipinski definition) is 3. The van der Waals surface area contributed by atoms with Gasteiger partial charge < -0.3 is 4.84 Å². The Morgan fingerprint density at radius 2 is 2.31 bits per heavy atom. The summed E-state index contributed by atoms with van der Waals surface area (Å²) >= 11 is 1.54. The van der Waals surface area contributed by atoms with Gasteiger partial charge in [-0.05, 0) is 11.4 Å². The normalized spacial score (nSPS) is 9.77. The second kappa shape index (κ2) is 7.93. The van der Waals surface area contributed by atoms with Crippen LogP contribution in [0.2, 0.25) is 0 Å². The number of rotatable bonds is 3. The highest BCUT2D eigenvalue weighted by atomic mass is 35.5. The topological polar surface area (TPSA) is 21.6 Å². The summed E-state index contributed by atoms with van der Waals surface area (Å²) in [6, 6.07) is 3.82. The van der Waals surface area contributed by atoms with E-state index in [0.29, 0.717) is 0 Å². The minimum absolute atomic E-state index is 0. The van der Waals surface area contributed by atoms with Crippen LogP contribution in [0.4, 0.5) is 0 Å². The lowest BCUT2D eigenvalue weighted by atomic mass is 10.3. The van der Waals surface area contributed by atoms with Crippen LogP contribution < -0.4 is 0 Å². The highest BCUT2D eigenvalue weighted by Crippen LogP contribution is 2.21. The molecule has 0 fully saturated rings. The molecular weight excluding hydrogens is 229 g/mol. The molecule has 1 aromatic heterocycles. The van der Waals surface area contributed by atoms with Gasteiger partial charge in [0.15, 0.2) is 0 Å². The SMILES string of the molecule is C#CC(ON=C)c1cccs1.Cl.Cl. The Morgan fingerprint density at radius 3 is 2.69 bits per heavy atom. The molecular formula is C8H9Cl2NOS. The zero-order chi connectivity index (χ0) is 8.10. The van der Waals surface area contributed by atoms with Gasteiger partial charge in [-0.1, -0.05) is 12.0 Å². The minimum Gasteiger partial charge on any atom is -0.374 e. The first-order valence-electron chi connectivity index (χ1n) is 3.00. The fraction of sp³-hybridized carbons (Fsp3) is 0.125. The maximum Gasteiger partial charge on any atom is 0.221 e. The van der Waals surface area contributed by atoms with Crippen LogP contribution in [0.15, 0.2) is 22.7 Å². The van der Waals surface area contributed by atoms with Gasteiger partial charge in [0.25, 0.3) is 0 Å². The maximum atomic E-state index is 5.19. The van der Waals surface area contributed by atoms with E-state index < -0.39 is 0 Å². The van der Waals surface area contributed by atoms with Gasteiger partial charge in [0.1, 0.15) is 0 Å². The monoisotopic (exact) mass is 237 g/mol. The summed E-state index contributed by atoms with van der Waals surface area (Å²) in [7, 11) is 0. The molecule has 0 aliphatic heterocycles. The van der Waals surface area contributed by atoms with Crippen molar-refractivity contribution >= 4 is 42.9 Å². The number of terminal acetylenes is 1. The second-order valence-corrected chi connectivity index (χ2v) is 2.78. The molecule has 72 valence electrons. The lowest BCUT2D eigenvalue weighted by molar-refractivity contribution is 0.105. The number of oxime groups is 1. The Morgan fingerprint density at radius 1 is 1.62 bits per heavy atom. The van der Waals surface area contributed by atoms with E-state index in [-0.39, 0.29) is 30.9 Å². The van der Waals surface area contributed by atoms with E-state index in [4.69, 9.17) is 11.3 Å². The second-order valence-electron chi connectivity index (χ2n) is 1.80. The van der Waals surface area contributed by atoms with Crippen LogP contribution in [-0.4, -0.2) is 6.72 Å². The molecule has 13 heavy (non-hydrogen) atoms. The number of thiophene rings is 1. The van der Waals surface area contributed by atoms with Crippen LogP contribution >= 0.6 is 36.2 Å². The maximum absolute atomic E-state index is 5.19. The van der Waals surface area contributed by atoms with Crippen molar-refractivity contribution < 1.29 is 4.84 Å². The van der Waals surface area contributed by atoms with Gasteiger partial charge in [0.2, 0.25) is 6.10 Å². The van der Waals surface area contributed by atoms with Crippen molar-refractivity contribution in [1.29, 1.82) is 0 Å². The van der Waals surface area contributed by atoms with E-state index in [1.54, 1.807) is 11.3 Å². The Labute approximate surface area is 93.8 Å². The van der Waals surface area contributed by atoms with E-state index in [1.165, 1.54) is 0 Å². The molecule has 0 saturated heterocycles. The fourth-order valence-corrected chi connectivity index (χ4v) is 1.39. The predicted octanol–water partition coefficient (Wildman–Crippen LogP) is 2.90.